The molecule has 0 unspecified atom stereocenters. The first kappa shape index (κ1) is 48.3. The number of aryl methyl sites for hydroxylation is 2. The summed E-state index contributed by atoms with van der Waals surface area (Å²) in [6.45, 7) is 3.48. The highest BCUT2D eigenvalue weighted by atomic mass is 16.2. The number of fused-ring (bicyclic) bond motifs is 2. The Balaban J connectivity index is 1.37. The van der Waals surface area contributed by atoms with Gasteiger partial charge in [-0.1, -0.05) is 74.0 Å². The summed E-state index contributed by atoms with van der Waals surface area (Å²) in [6, 6.07) is 8.66. The van der Waals surface area contributed by atoms with Gasteiger partial charge in [-0.3, -0.25) is 38.4 Å². The van der Waals surface area contributed by atoms with E-state index < -0.39 is 108 Å². The van der Waals surface area contributed by atoms with Crippen molar-refractivity contribution >= 4 is 58.2 Å². The topological polar surface area (TPSA) is 325 Å². The summed E-state index contributed by atoms with van der Waals surface area (Å²) in [7, 11) is 0. The van der Waals surface area contributed by atoms with Crippen LogP contribution in [0.1, 0.15) is 75.2 Å². The van der Waals surface area contributed by atoms with Crippen LogP contribution < -0.4 is 43.8 Å². The highest BCUT2D eigenvalue weighted by Crippen LogP contribution is 2.30. The molecule has 0 aliphatic carbocycles. The predicted molar refractivity (Wildman–Crippen MR) is 240 cm³/mol. The molecule has 66 heavy (non-hydrogen) atoms. The molecular formula is C45H59N13O8. The predicted octanol–water partition coefficient (Wildman–Crippen LogP) is -1.10. The Labute approximate surface area is 381 Å². The van der Waals surface area contributed by atoms with E-state index in [0.29, 0.717) is 30.5 Å². The minimum absolute atomic E-state index is 0.000379. The minimum Gasteiger partial charge on any atom is -0.370 e. The molecular weight excluding hydrogens is 851 g/mol. The van der Waals surface area contributed by atoms with Gasteiger partial charge in [0.1, 0.15) is 30.2 Å². The fourth-order valence-electron chi connectivity index (χ4n) is 8.28. The molecule has 6 rings (SSSR count). The number of H-pyrrole nitrogens is 1. The van der Waals surface area contributed by atoms with Crippen LogP contribution in [0, 0.1) is 5.92 Å². The first-order chi connectivity index (χ1) is 31.6. The van der Waals surface area contributed by atoms with E-state index in [-0.39, 0.29) is 38.8 Å². The van der Waals surface area contributed by atoms with Crippen molar-refractivity contribution in [3.63, 3.8) is 0 Å². The van der Waals surface area contributed by atoms with Gasteiger partial charge in [0, 0.05) is 49.2 Å². The molecule has 0 spiro atoms. The van der Waals surface area contributed by atoms with Crippen LogP contribution in [0.5, 0.6) is 0 Å². The number of primary amides is 2. The quantitative estimate of drug-likeness (QED) is 0.0870. The van der Waals surface area contributed by atoms with Crippen LogP contribution in [-0.2, 0) is 57.6 Å². The van der Waals surface area contributed by atoms with E-state index in [2.05, 4.69) is 41.9 Å². The third-order valence-corrected chi connectivity index (χ3v) is 12.3. The molecule has 21 heteroatoms. The smallest absolute Gasteiger partial charge is 0.246 e. The molecule has 4 heterocycles. The van der Waals surface area contributed by atoms with Gasteiger partial charge in [-0.15, -0.1) is 5.10 Å². The van der Waals surface area contributed by atoms with Crippen molar-refractivity contribution < 1.29 is 38.4 Å². The second kappa shape index (κ2) is 22.2. The SMILES string of the molecule is CC[C@H](C)[C@@H]1NC(=O)[C@H](CC(N)=O)NC(=O)[C@@H](N)CC(=O)NCCC[C@@H](C(N)=O)NC(=O)[C@H](Cc2c[nH]c3ccccc23)NC(=O)[C@@H]2C[C@H](n3cc(CCc4ccccc4)nn3)CN2C1=O. The highest BCUT2D eigenvalue weighted by molar-refractivity contribution is 5.99. The van der Waals surface area contributed by atoms with Crippen molar-refractivity contribution in [2.24, 2.45) is 23.1 Å². The molecule has 0 bridgehead atoms. The molecule has 0 saturated carbocycles. The van der Waals surface area contributed by atoms with Crippen LogP contribution in [0.15, 0.2) is 67.0 Å². The molecule has 2 fully saturated rings. The number of amides is 8. The van der Waals surface area contributed by atoms with E-state index in [1.807, 2.05) is 54.6 Å². The number of para-hydroxylation sites is 1. The molecule has 2 saturated heterocycles. The zero-order valence-corrected chi connectivity index (χ0v) is 37.0. The maximum atomic E-state index is 15.0. The van der Waals surface area contributed by atoms with Gasteiger partial charge in [0.25, 0.3) is 0 Å². The van der Waals surface area contributed by atoms with Gasteiger partial charge in [0.15, 0.2) is 0 Å². The van der Waals surface area contributed by atoms with E-state index in [4.69, 9.17) is 17.2 Å². The molecule has 21 nitrogen and oxygen atoms in total. The van der Waals surface area contributed by atoms with Crippen molar-refractivity contribution in [1.29, 1.82) is 0 Å². The molecule has 8 amide bonds. The Morgan fingerprint density at radius 2 is 1.58 bits per heavy atom. The molecule has 2 aliphatic heterocycles. The van der Waals surface area contributed by atoms with Crippen molar-refractivity contribution in [3.8, 4) is 0 Å². The van der Waals surface area contributed by atoms with Crippen LogP contribution in [0.25, 0.3) is 10.9 Å². The number of benzene rings is 2. The zero-order valence-electron chi connectivity index (χ0n) is 37.0. The van der Waals surface area contributed by atoms with Gasteiger partial charge < -0.3 is 53.7 Å². The van der Waals surface area contributed by atoms with Crippen LogP contribution in [0.3, 0.4) is 0 Å². The number of nitrogens with two attached hydrogens (primary N) is 3. The van der Waals surface area contributed by atoms with E-state index in [9.17, 15) is 38.4 Å². The summed E-state index contributed by atoms with van der Waals surface area (Å²) in [5.74, 6) is -6.91. The second-order valence-electron chi connectivity index (χ2n) is 17.1. The Morgan fingerprint density at radius 1 is 0.864 bits per heavy atom. The molecule has 352 valence electrons. The lowest BCUT2D eigenvalue weighted by molar-refractivity contribution is -0.143. The van der Waals surface area contributed by atoms with Gasteiger partial charge in [0.05, 0.1) is 30.6 Å². The molecule has 2 aromatic carbocycles. The molecule has 4 aromatic rings. The van der Waals surface area contributed by atoms with E-state index in [1.165, 1.54) is 4.90 Å². The maximum absolute atomic E-state index is 15.0. The number of carbonyl (C=O) groups excluding carboxylic acids is 8. The van der Waals surface area contributed by atoms with Gasteiger partial charge in [-0.2, -0.15) is 0 Å². The summed E-state index contributed by atoms with van der Waals surface area (Å²) in [4.78, 5) is 113. The number of aromatic amines is 1. The van der Waals surface area contributed by atoms with Crippen LogP contribution in [-0.4, -0.2) is 121 Å². The average molecular weight is 910 g/mol. The molecule has 0 radical (unpaired) electrons. The third-order valence-electron chi connectivity index (χ3n) is 12.3. The fourth-order valence-corrected chi connectivity index (χ4v) is 8.28. The third kappa shape index (κ3) is 12.3. The number of nitrogens with zero attached hydrogens (tertiary/aromatic N) is 4. The molecule has 8 atom stereocenters. The number of rotatable bonds is 11. The fraction of sp³-hybridized carbons (Fsp3) is 0.467. The summed E-state index contributed by atoms with van der Waals surface area (Å²) in [5.41, 5.74) is 20.6. The van der Waals surface area contributed by atoms with Gasteiger partial charge >= 0.3 is 0 Å². The lowest BCUT2D eigenvalue weighted by Gasteiger charge is -2.33. The van der Waals surface area contributed by atoms with Gasteiger partial charge in [-0.25, -0.2) is 4.68 Å². The maximum Gasteiger partial charge on any atom is 0.246 e. The Hall–Kier alpha value is -7.16. The van der Waals surface area contributed by atoms with Crippen molar-refractivity contribution in [2.45, 2.75) is 114 Å². The van der Waals surface area contributed by atoms with Crippen LogP contribution >= 0.6 is 0 Å². The second-order valence-corrected chi connectivity index (χ2v) is 17.1. The Morgan fingerprint density at radius 3 is 2.30 bits per heavy atom. The van der Waals surface area contributed by atoms with Gasteiger partial charge in [0.2, 0.25) is 47.3 Å². The highest BCUT2D eigenvalue weighted by Gasteiger charge is 2.45. The van der Waals surface area contributed by atoms with Crippen LogP contribution in [0.2, 0.25) is 0 Å². The standard InChI is InChI=1S/C45H59N13O8/c1-3-25(2)39-45(66)57-24-29(58-23-28(55-56-58)16-15-26-10-5-4-6-11-26)19-36(57)44(65)53-34(18-27-22-50-32-13-8-7-12-30(27)32)42(63)51-33(40(48)61)14-9-17-49-38(60)20-31(46)41(62)52-35(21-37(47)59)43(64)54-39/h4-8,10-13,22-23,25,29,31,33-36,39,50H,3,9,14-21,24,46H2,1-2H3,(H2,47,59)(H2,48,61)(H,49,60)(H,51,63)(H,52,62)(H,53,65)(H,54,64)/t25-,29-,31-,33-,34-,35-,36-,39-/m0/s1. The summed E-state index contributed by atoms with van der Waals surface area (Å²) >= 11 is 0. The zero-order chi connectivity index (χ0) is 47.5. The Bertz CT molecular complexity index is 2400. The van der Waals surface area contributed by atoms with Crippen LogP contribution in [0.4, 0.5) is 0 Å². The first-order valence-electron chi connectivity index (χ1n) is 22.2. The van der Waals surface area contributed by atoms with E-state index in [0.717, 1.165) is 16.5 Å². The number of hydrogen-bond acceptors (Lipinski definition) is 11. The summed E-state index contributed by atoms with van der Waals surface area (Å²) < 4.78 is 1.60. The number of nitrogens with one attached hydrogen (secondary N) is 6. The Kier molecular flexibility index (Phi) is 16.2. The number of hydrogen-bond donors (Lipinski definition) is 9. The summed E-state index contributed by atoms with van der Waals surface area (Å²) in [5, 5.41) is 22.8. The summed E-state index contributed by atoms with van der Waals surface area (Å²) in [6.07, 6.45) is 4.14. The van der Waals surface area contributed by atoms with E-state index in [1.54, 1.807) is 30.9 Å². The molecule has 12 N–H and O–H groups in total. The molecule has 2 aromatic heterocycles. The average Bonchev–Trinajstić information content (AvgIpc) is 4.06. The van der Waals surface area contributed by atoms with Crippen molar-refractivity contribution in [3.05, 3.63) is 83.8 Å². The van der Waals surface area contributed by atoms with Gasteiger partial charge in [-0.05, 0) is 48.8 Å². The van der Waals surface area contributed by atoms with Crippen molar-refractivity contribution in [2.75, 3.05) is 13.1 Å². The largest absolute Gasteiger partial charge is 0.370 e. The van der Waals surface area contributed by atoms with E-state index >= 15 is 0 Å². The minimum atomic E-state index is -1.58. The first-order valence-corrected chi connectivity index (χ1v) is 22.2. The molecule has 2 aliphatic rings. The van der Waals surface area contributed by atoms with Crippen molar-refractivity contribution in [1.82, 2.24) is 51.5 Å². The number of carbonyl (C=O) groups is 8. The number of aromatic nitrogens is 4. The monoisotopic (exact) mass is 909 g/mol. The lowest BCUT2D eigenvalue weighted by atomic mass is 9.96. The normalized spacial score (nSPS) is 24.7. The lowest BCUT2D eigenvalue weighted by Crippen LogP contribution is -2.61.